The summed E-state index contributed by atoms with van der Waals surface area (Å²) in [7, 11) is -3.25. The summed E-state index contributed by atoms with van der Waals surface area (Å²) in [6.07, 6.45) is 1.60. The van der Waals surface area contributed by atoms with E-state index in [1.165, 1.54) is 0 Å². The molecule has 0 bridgehead atoms. The fourth-order valence-electron chi connectivity index (χ4n) is 3.68. The van der Waals surface area contributed by atoms with Gasteiger partial charge in [0.25, 0.3) is 0 Å². The van der Waals surface area contributed by atoms with Gasteiger partial charge in [-0.1, -0.05) is 13.0 Å². The van der Waals surface area contributed by atoms with Gasteiger partial charge in [0.2, 0.25) is 15.9 Å². The molecule has 126 valence electrons. The van der Waals surface area contributed by atoms with Crippen LogP contribution >= 0.6 is 0 Å². The van der Waals surface area contributed by atoms with Crippen molar-refractivity contribution in [3.05, 3.63) is 29.6 Å². The highest BCUT2D eigenvalue weighted by Gasteiger charge is 2.50. The minimum atomic E-state index is -3.25. The van der Waals surface area contributed by atoms with Crippen molar-refractivity contribution < 1.29 is 13.2 Å². The number of likely N-dealkylation sites (tertiary alicyclic amines) is 1. The molecule has 2 fully saturated rings. The van der Waals surface area contributed by atoms with E-state index in [1.54, 1.807) is 4.31 Å². The van der Waals surface area contributed by atoms with Crippen LogP contribution in [-0.2, 0) is 21.4 Å². The van der Waals surface area contributed by atoms with E-state index in [4.69, 9.17) is 0 Å². The number of hydrogen-bond acceptors (Lipinski definition) is 4. The number of carbonyl (C=O) groups is 1. The molecule has 0 unspecified atom stereocenters. The summed E-state index contributed by atoms with van der Waals surface area (Å²) in [5, 5.41) is 0. The summed E-state index contributed by atoms with van der Waals surface area (Å²) in [6, 6.07) is 5.55. The van der Waals surface area contributed by atoms with Crippen LogP contribution in [0.4, 0.5) is 0 Å². The molecule has 1 amide bonds. The first-order valence-electron chi connectivity index (χ1n) is 8.14. The lowest BCUT2D eigenvalue weighted by molar-refractivity contribution is -0.129. The number of amides is 1. The van der Waals surface area contributed by atoms with E-state index in [1.807, 2.05) is 36.9 Å². The smallest absolute Gasteiger partial charge is 0.224 e. The first kappa shape index (κ1) is 16.4. The molecule has 7 heteroatoms. The number of aryl methyl sites for hydroxylation is 1. The number of rotatable bonds is 5. The first-order valence-corrected chi connectivity index (χ1v) is 9.75. The van der Waals surface area contributed by atoms with Gasteiger partial charge in [-0.05, 0) is 31.9 Å². The zero-order valence-corrected chi connectivity index (χ0v) is 14.4. The Labute approximate surface area is 137 Å². The van der Waals surface area contributed by atoms with Crippen LogP contribution in [0.5, 0.6) is 0 Å². The van der Waals surface area contributed by atoms with Crippen molar-refractivity contribution in [2.45, 2.75) is 51.7 Å². The Balaban J connectivity index is 1.78. The Hall–Kier alpha value is -1.47. The maximum Gasteiger partial charge on any atom is 0.224 e. The third-order valence-electron chi connectivity index (χ3n) is 4.66. The monoisotopic (exact) mass is 337 g/mol. The maximum absolute atomic E-state index is 12.4. The molecule has 6 nitrogen and oxygen atoms in total. The Morgan fingerprint density at radius 2 is 2.09 bits per heavy atom. The van der Waals surface area contributed by atoms with Crippen LogP contribution < -0.4 is 0 Å². The van der Waals surface area contributed by atoms with Gasteiger partial charge in [0.1, 0.15) is 0 Å². The third-order valence-corrected chi connectivity index (χ3v) is 6.75. The van der Waals surface area contributed by atoms with Gasteiger partial charge >= 0.3 is 0 Å². The molecule has 0 N–H and O–H groups in total. The zero-order valence-electron chi connectivity index (χ0n) is 13.6. The SMILES string of the molecule is CCCS(=O)(=O)N1CC[C@@H]2[C@@H]1CC(=O)N2Cc1cccc(C)n1. The lowest BCUT2D eigenvalue weighted by Gasteiger charge is -2.25. The highest BCUT2D eigenvalue weighted by atomic mass is 32.2. The van der Waals surface area contributed by atoms with Crippen LogP contribution in [0, 0.1) is 6.92 Å². The predicted molar refractivity (Wildman–Crippen MR) is 87.1 cm³/mol. The molecule has 0 radical (unpaired) electrons. The van der Waals surface area contributed by atoms with E-state index in [0.717, 1.165) is 11.4 Å². The molecule has 0 aliphatic carbocycles. The molecule has 0 saturated carbocycles. The molecule has 2 aliphatic heterocycles. The quantitative estimate of drug-likeness (QED) is 0.812. The molecule has 3 heterocycles. The number of pyridine rings is 1. The average molecular weight is 337 g/mol. The average Bonchev–Trinajstić information content (AvgIpc) is 3.00. The van der Waals surface area contributed by atoms with Crippen LogP contribution in [0.25, 0.3) is 0 Å². The molecule has 2 saturated heterocycles. The number of fused-ring (bicyclic) bond motifs is 1. The van der Waals surface area contributed by atoms with Gasteiger partial charge in [0.15, 0.2) is 0 Å². The highest BCUT2D eigenvalue weighted by molar-refractivity contribution is 7.89. The molecular formula is C16H23N3O3S. The number of hydrogen-bond donors (Lipinski definition) is 0. The summed E-state index contributed by atoms with van der Waals surface area (Å²) >= 11 is 0. The molecule has 1 aromatic rings. The molecular weight excluding hydrogens is 314 g/mol. The van der Waals surface area contributed by atoms with Crippen LogP contribution in [0.15, 0.2) is 18.2 Å². The lowest BCUT2D eigenvalue weighted by Crippen LogP contribution is -2.40. The zero-order chi connectivity index (χ0) is 16.6. The number of carbonyl (C=O) groups excluding carboxylic acids is 1. The molecule has 1 aromatic heterocycles. The second-order valence-electron chi connectivity index (χ2n) is 6.35. The molecule has 23 heavy (non-hydrogen) atoms. The van der Waals surface area contributed by atoms with Gasteiger partial charge in [-0.2, -0.15) is 4.31 Å². The third kappa shape index (κ3) is 3.12. The van der Waals surface area contributed by atoms with E-state index in [9.17, 15) is 13.2 Å². The Kier molecular flexibility index (Phi) is 4.42. The van der Waals surface area contributed by atoms with Gasteiger partial charge in [0.05, 0.1) is 30.1 Å². The van der Waals surface area contributed by atoms with Crippen molar-refractivity contribution >= 4 is 15.9 Å². The fraction of sp³-hybridized carbons (Fsp3) is 0.625. The molecule has 0 aromatic carbocycles. The number of nitrogens with zero attached hydrogens (tertiary/aromatic N) is 3. The topological polar surface area (TPSA) is 70.6 Å². The molecule has 0 spiro atoms. The van der Waals surface area contributed by atoms with Crippen molar-refractivity contribution in [2.24, 2.45) is 0 Å². The lowest BCUT2D eigenvalue weighted by atomic mass is 10.1. The van der Waals surface area contributed by atoms with Crippen LogP contribution in [0.2, 0.25) is 0 Å². The van der Waals surface area contributed by atoms with E-state index < -0.39 is 10.0 Å². The predicted octanol–water partition coefficient (Wildman–Crippen LogP) is 1.31. The second kappa shape index (κ2) is 6.20. The van der Waals surface area contributed by atoms with E-state index in [0.29, 0.717) is 32.4 Å². The Morgan fingerprint density at radius 1 is 1.30 bits per heavy atom. The Bertz CT molecular complexity index is 704. The fourth-order valence-corrected chi connectivity index (χ4v) is 5.44. The minimum Gasteiger partial charge on any atom is -0.332 e. The van der Waals surface area contributed by atoms with E-state index in [-0.39, 0.29) is 23.7 Å². The summed E-state index contributed by atoms with van der Waals surface area (Å²) < 4.78 is 26.3. The van der Waals surface area contributed by atoms with Gasteiger partial charge in [-0.25, -0.2) is 8.42 Å². The van der Waals surface area contributed by atoms with Crippen molar-refractivity contribution in [3.63, 3.8) is 0 Å². The molecule has 2 atom stereocenters. The summed E-state index contributed by atoms with van der Waals surface area (Å²) in [6.45, 7) is 4.76. The van der Waals surface area contributed by atoms with Crippen molar-refractivity contribution in [3.8, 4) is 0 Å². The Morgan fingerprint density at radius 3 is 2.78 bits per heavy atom. The largest absolute Gasteiger partial charge is 0.332 e. The van der Waals surface area contributed by atoms with Gasteiger partial charge in [-0.15, -0.1) is 0 Å². The van der Waals surface area contributed by atoms with Crippen LogP contribution in [0.1, 0.15) is 37.6 Å². The number of sulfonamides is 1. The van der Waals surface area contributed by atoms with Gasteiger partial charge < -0.3 is 4.90 Å². The summed E-state index contributed by atoms with van der Waals surface area (Å²) in [5.74, 6) is 0.184. The van der Waals surface area contributed by atoms with Crippen molar-refractivity contribution in [1.82, 2.24) is 14.2 Å². The van der Waals surface area contributed by atoms with E-state index in [2.05, 4.69) is 4.98 Å². The molecule has 2 aliphatic rings. The van der Waals surface area contributed by atoms with E-state index >= 15 is 0 Å². The highest BCUT2D eigenvalue weighted by Crippen LogP contribution is 2.35. The summed E-state index contributed by atoms with van der Waals surface area (Å²) in [5.41, 5.74) is 1.78. The van der Waals surface area contributed by atoms with Gasteiger partial charge in [-0.3, -0.25) is 9.78 Å². The summed E-state index contributed by atoms with van der Waals surface area (Å²) in [4.78, 5) is 18.7. The van der Waals surface area contributed by atoms with Crippen LogP contribution in [-0.4, -0.2) is 52.9 Å². The normalized spacial score (nSPS) is 25.1. The van der Waals surface area contributed by atoms with Crippen molar-refractivity contribution in [2.75, 3.05) is 12.3 Å². The van der Waals surface area contributed by atoms with Crippen molar-refractivity contribution in [1.29, 1.82) is 0 Å². The van der Waals surface area contributed by atoms with Gasteiger partial charge in [0, 0.05) is 18.7 Å². The second-order valence-corrected chi connectivity index (χ2v) is 8.39. The molecule has 3 rings (SSSR count). The standard InChI is InChI=1S/C16H23N3O3S/c1-3-9-23(21,22)19-8-7-14-15(19)10-16(20)18(14)11-13-6-4-5-12(2)17-13/h4-6,14-15H,3,7-11H2,1-2H3/t14-,15+/m1/s1. The maximum atomic E-state index is 12.4. The number of aromatic nitrogens is 1. The first-order chi connectivity index (χ1) is 10.9. The van der Waals surface area contributed by atoms with Crippen LogP contribution in [0.3, 0.4) is 0 Å². The minimum absolute atomic E-state index is 0.0172.